The molecular weight excluding hydrogens is 270 g/mol. The summed E-state index contributed by atoms with van der Waals surface area (Å²) in [5.41, 5.74) is 2.34. The van der Waals surface area contributed by atoms with Crippen LogP contribution in [0.4, 0.5) is 0 Å². The maximum atomic E-state index is 6.11. The third kappa shape index (κ3) is 3.53. The first kappa shape index (κ1) is 14.9. The van der Waals surface area contributed by atoms with Crippen LogP contribution in [0.2, 0.25) is 5.02 Å². The molecule has 3 heteroatoms. The highest BCUT2D eigenvalue weighted by Crippen LogP contribution is 2.27. The zero-order chi connectivity index (χ0) is 14.5. The van der Waals surface area contributed by atoms with Gasteiger partial charge >= 0.3 is 0 Å². The minimum absolute atomic E-state index is 0.339. The molecule has 1 atom stereocenters. The number of hydrogen-bond donors (Lipinski definition) is 1. The topological polar surface area (TPSA) is 21.3 Å². The Bertz CT molecular complexity index is 566. The number of aryl methyl sites for hydroxylation is 1. The van der Waals surface area contributed by atoms with Gasteiger partial charge in [0.05, 0.1) is 0 Å². The van der Waals surface area contributed by atoms with Gasteiger partial charge in [-0.3, -0.25) is 0 Å². The molecule has 0 amide bonds. The summed E-state index contributed by atoms with van der Waals surface area (Å²) in [4.78, 5) is 0. The second-order valence-electron chi connectivity index (χ2n) is 4.79. The molecule has 2 nitrogen and oxygen atoms in total. The summed E-state index contributed by atoms with van der Waals surface area (Å²) in [6.45, 7) is 4.21. The van der Waals surface area contributed by atoms with Crippen molar-refractivity contribution >= 4 is 11.6 Å². The summed E-state index contributed by atoms with van der Waals surface area (Å²) >= 11 is 6.11. The van der Waals surface area contributed by atoms with Gasteiger partial charge < -0.3 is 10.1 Å². The van der Waals surface area contributed by atoms with Gasteiger partial charge in [-0.15, -0.1) is 0 Å². The highest BCUT2D eigenvalue weighted by molar-refractivity contribution is 6.31. The molecule has 0 spiro atoms. The maximum absolute atomic E-state index is 6.11. The van der Waals surface area contributed by atoms with Crippen LogP contribution in [0.15, 0.2) is 42.5 Å². The summed E-state index contributed by atoms with van der Waals surface area (Å²) in [5, 5.41) is 4.01. The Kier molecular flexibility index (Phi) is 5.05. The number of hydrogen-bond acceptors (Lipinski definition) is 2. The molecule has 0 saturated heterocycles. The molecule has 0 aliphatic rings. The van der Waals surface area contributed by atoms with Crippen molar-refractivity contribution in [3.63, 3.8) is 0 Å². The third-order valence-corrected chi connectivity index (χ3v) is 3.82. The van der Waals surface area contributed by atoms with Crippen LogP contribution in [0, 0.1) is 0 Å². The minimum Gasteiger partial charge on any atom is -0.457 e. The summed E-state index contributed by atoms with van der Waals surface area (Å²) in [6, 6.07) is 14.2. The fraction of sp³-hybridized carbons (Fsp3) is 0.294. The fourth-order valence-corrected chi connectivity index (χ4v) is 2.26. The zero-order valence-electron chi connectivity index (χ0n) is 12.1. The second-order valence-corrected chi connectivity index (χ2v) is 5.20. The molecule has 20 heavy (non-hydrogen) atoms. The molecule has 0 aliphatic heterocycles. The first-order valence-corrected chi connectivity index (χ1v) is 7.25. The molecule has 0 fully saturated rings. The van der Waals surface area contributed by atoms with Gasteiger partial charge in [0.1, 0.15) is 11.5 Å². The summed E-state index contributed by atoms with van der Waals surface area (Å²) < 4.78 is 5.87. The van der Waals surface area contributed by atoms with E-state index in [1.165, 1.54) is 5.56 Å². The van der Waals surface area contributed by atoms with Gasteiger partial charge in [0.2, 0.25) is 0 Å². The lowest BCUT2D eigenvalue weighted by atomic mass is 10.1. The highest BCUT2D eigenvalue weighted by atomic mass is 35.5. The van der Waals surface area contributed by atoms with Crippen molar-refractivity contribution in [3.8, 4) is 11.5 Å². The van der Waals surface area contributed by atoms with E-state index in [0.717, 1.165) is 28.5 Å². The Balaban J connectivity index is 2.14. The monoisotopic (exact) mass is 289 g/mol. The molecule has 0 bridgehead atoms. The first-order valence-electron chi connectivity index (χ1n) is 6.87. The standard InChI is InChI=1S/C17H20ClNO/c1-4-13-11-16(9-10-17(13)18)20-15-7-5-14(6-8-15)12(2)19-3/h5-12,19H,4H2,1-3H3. The molecular formula is C17H20ClNO. The zero-order valence-corrected chi connectivity index (χ0v) is 12.9. The molecule has 0 radical (unpaired) electrons. The van der Waals surface area contributed by atoms with Crippen LogP contribution < -0.4 is 10.1 Å². The predicted octanol–water partition coefficient (Wildman–Crippen LogP) is 4.98. The van der Waals surface area contributed by atoms with Crippen molar-refractivity contribution in [2.24, 2.45) is 0 Å². The first-order chi connectivity index (χ1) is 9.63. The van der Waals surface area contributed by atoms with E-state index >= 15 is 0 Å². The highest BCUT2D eigenvalue weighted by Gasteiger charge is 2.05. The molecule has 0 saturated carbocycles. The van der Waals surface area contributed by atoms with Crippen molar-refractivity contribution in [2.75, 3.05) is 7.05 Å². The van der Waals surface area contributed by atoms with Gasteiger partial charge in [-0.1, -0.05) is 30.7 Å². The lowest BCUT2D eigenvalue weighted by molar-refractivity contribution is 0.481. The Morgan fingerprint density at radius 3 is 2.35 bits per heavy atom. The van der Waals surface area contributed by atoms with Crippen LogP contribution in [0.1, 0.15) is 31.0 Å². The van der Waals surface area contributed by atoms with Crippen LogP contribution in [-0.2, 0) is 6.42 Å². The van der Waals surface area contributed by atoms with E-state index in [-0.39, 0.29) is 0 Å². The molecule has 0 aliphatic carbocycles. The van der Waals surface area contributed by atoms with Crippen LogP contribution in [0.25, 0.3) is 0 Å². The Hall–Kier alpha value is -1.51. The van der Waals surface area contributed by atoms with Gasteiger partial charge in [-0.05, 0) is 61.9 Å². The Morgan fingerprint density at radius 2 is 1.75 bits per heavy atom. The van der Waals surface area contributed by atoms with Crippen molar-refractivity contribution in [2.45, 2.75) is 26.3 Å². The van der Waals surface area contributed by atoms with Crippen LogP contribution in [-0.4, -0.2) is 7.05 Å². The number of halogens is 1. The third-order valence-electron chi connectivity index (χ3n) is 3.45. The molecule has 2 rings (SSSR count). The molecule has 1 unspecified atom stereocenters. The van der Waals surface area contributed by atoms with E-state index in [1.807, 2.05) is 37.4 Å². The average molecular weight is 290 g/mol. The van der Waals surface area contributed by atoms with E-state index in [2.05, 4.69) is 31.3 Å². The normalized spacial score (nSPS) is 12.2. The summed E-state index contributed by atoms with van der Waals surface area (Å²) in [6.07, 6.45) is 0.897. The lowest BCUT2D eigenvalue weighted by Crippen LogP contribution is -2.11. The number of rotatable bonds is 5. The van der Waals surface area contributed by atoms with E-state index in [9.17, 15) is 0 Å². The van der Waals surface area contributed by atoms with Crippen molar-refractivity contribution in [1.29, 1.82) is 0 Å². The second kappa shape index (κ2) is 6.78. The molecule has 106 valence electrons. The largest absolute Gasteiger partial charge is 0.457 e. The quantitative estimate of drug-likeness (QED) is 0.838. The molecule has 1 N–H and O–H groups in total. The Morgan fingerprint density at radius 1 is 1.10 bits per heavy atom. The smallest absolute Gasteiger partial charge is 0.127 e. The van der Waals surface area contributed by atoms with Crippen LogP contribution in [0.5, 0.6) is 11.5 Å². The number of ether oxygens (including phenoxy) is 1. The van der Waals surface area contributed by atoms with E-state index in [0.29, 0.717) is 6.04 Å². The maximum Gasteiger partial charge on any atom is 0.127 e. The van der Waals surface area contributed by atoms with Crippen molar-refractivity contribution < 1.29 is 4.74 Å². The van der Waals surface area contributed by atoms with Crippen molar-refractivity contribution in [3.05, 3.63) is 58.6 Å². The van der Waals surface area contributed by atoms with Crippen molar-refractivity contribution in [1.82, 2.24) is 5.32 Å². The van der Waals surface area contributed by atoms with Gasteiger partial charge in [0.25, 0.3) is 0 Å². The summed E-state index contributed by atoms with van der Waals surface area (Å²) in [7, 11) is 1.95. The lowest BCUT2D eigenvalue weighted by Gasteiger charge is -2.12. The van der Waals surface area contributed by atoms with E-state index in [1.54, 1.807) is 0 Å². The Labute approximate surface area is 125 Å². The molecule has 2 aromatic carbocycles. The average Bonchev–Trinajstić information content (AvgIpc) is 2.49. The van der Waals surface area contributed by atoms with Gasteiger partial charge in [-0.2, -0.15) is 0 Å². The van der Waals surface area contributed by atoms with Crippen LogP contribution >= 0.6 is 11.6 Å². The van der Waals surface area contributed by atoms with Gasteiger partial charge in [0.15, 0.2) is 0 Å². The van der Waals surface area contributed by atoms with Crippen LogP contribution in [0.3, 0.4) is 0 Å². The SMILES string of the molecule is CCc1cc(Oc2ccc(C(C)NC)cc2)ccc1Cl. The molecule has 0 heterocycles. The van der Waals surface area contributed by atoms with Gasteiger partial charge in [0, 0.05) is 11.1 Å². The number of benzene rings is 2. The van der Waals surface area contributed by atoms with Gasteiger partial charge in [-0.25, -0.2) is 0 Å². The van der Waals surface area contributed by atoms with E-state index in [4.69, 9.17) is 16.3 Å². The predicted molar refractivity (Wildman–Crippen MR) is 84.8 cm³/mol. The molecule has 2 aromatic rings. The minimum atomic E-state index is 0.339. The molecule has 0 aromatic heterocycles. The van der Waals surface area contributed by atoms with E-state index < -0.39 is 0 Å². The number of nitrogens with one attached hydrogen (secondary N) is 1. The fourth-order valence-electron chi connectivity index (χ4n) is 2.01. The summed E-state index contributed by atoms with van der Waals surface area (Å²) in [5.74, 6) is 1.65.